The van der Waals surface area contributed by atoms with E-state index in [0.29, 0.717) is 0 Å². The summed E-state index contributed by atoms with van der Waals surface area (Å²) in [6.45, 7) is -0.0197. The Hall–Kier alpha value is -1.99. The number of hydrogen-bond donors (Lipinski definition) is 3. The van der Waals surface area contributed by atoms with E-state index >= 15 is 0 Å². The van der Waals surface area contributed by atoms with Crippen LogP contribution in [0.25, 0.3) is 0 Å². The monoisotopic (exact) mass is 261 g/mol. The second-order valence-electron chi connectivity index (χ2n) is 3.44. The second kappa shape index (κ2) is 9.08. The molecule has 0 rings (SSSR count). The van der Waals surface area contributed by atoms with Crippen LogP contribution in [0.15, 0.2) is 0 Å². The molecule has 0 atom stereocenters. The number of hydrogen-bond acceptors (Lipinski definition) is 5. The van der Waals surface area contributed by atoms with Crippen molar-refractivity contribution in [3.63, 3.8) is 0 Å². The van der Waals surface area contributed by atoms with Gasteiger partial charge in [0, 0.05) is 33.5 Å². The summed E-state index contributed by atoms with van der Waals surface area (Å²) in [6.07, 6.45) is -1.10. The molecule has 0 saturated carbocycles. The lowest BCUT2D eigenvalue weighted by Gasteiger charge is -2.16. The number of alkyl carbamates (subject to hydrolysis) is 2. The van der Waals surface area contributed by atoms with Gasteiger partial charge in [0.2, 0.25) is 5.91 Å². The number of nitrogens with one attached hydrogen (secondary N) is 3. The van der Waals surface area contributed by atoms with Crippen LogP contribution in [-0.4, -0.2) is 52.5 Å². The average molecular weight is 261 g/mol. The maximum absolute atomic E-state index is 11.2. The summed E-state index contributed by atoms with van der Waals surface area (Å²) in [6, 6.07) is 0. The topological polar surface area (TPSA) is 106 Å². The van der Waals surface area contributed by atoms with Gasteiger partial charge in [-0.05, 0) is 0 Å². The van der Waals surface area contributed by atoms with Gasteiger partial charge in [0.15, 0.2) is 0 Å². The van der Waals surface area contributed by atoms with Crippen molar-refractivity contribution >= 4 is 18.1 Å². The van der Waals surface area contributed by atoms with Gasteiger partial charge >= 0.3 is 12.2 Å². The van der Waals surface area contributed by atoms with Crippen LogP contribution in [0.2, 0.25) is 0 Å². The lowest BCUT2D eigenvalue weighted by atomic mass is 10.1. The molecule has 3 N–H and O–H groups in total. The van der Waals surface area contributed by atoms with Gasteiger partial charge in [-0.2, -0.15) is 0 Å². The minimum absolute atomic E-state index is 0.00983. The molecule has 0 aromatic heterocycles. The van der Waals surface area contributed by atoms with E-state index in [0.717, 1.165) is 0 Å². The Morgan fingerprint density at radius 2 is 1.33 bits per heavy atom. The molecule has 0 fully saturated rings. The zero-order chi connectivity index (χ0) is 14.0. The Bertz CT molecular complexity index is 275. The highest BCUT2D eigenvalue weighted by atomic mass is 16.6. The normalized spacial score (nSPS) is 9.56. The largest absolute Gasteiger partial charge is 0.449 e. The van der Waals surface area contributed by atoms with Gasteiger partial charge in [0.05, 0.1) is 13.2 Å². The minimum atomic E-state index is -0.600. The van der Waals surface area contributed by atoms with Crippen LogP contribution in [0.5, 0.6) is 0 Å². The highest BCUT2D eigenvalue weighted by Crippen LogP contribution is 2.05. The molecule has 0 aromatic carbocycles. The molecular formula is C10H19N3O5. The van der Waals surface area contributed by atoms with Crippen molar-refractivity contribution in [1.82, 2.24) is 16.0 Å². The third-order valence-corrected chi connectivity index (χ3v) is 2.06. The molecule has 0 aromatic rings. The van der Waals surface area contributed by atoms with Crippen LogP contribution in [0.1, 0.15) is 6.42 Å². The van der Waals surface area contributed by atoms with Crippen LogP contribution < -0.4 is 16.0 Å². The van der Waals surface area contributed by atoms with E-state index in [9.17, 15) is 14.4 Å². The molecular weight excluding hydrogens is 242 g/mol. The van der Waals surface area contributed by atoms with E-state index < -0.39 is 12.2 Å². The van der Waals surface area contributed by atoms with Gasteiger partial charge in [-0.25, -0.2) is 9.59 Å². The number of ether oxygens (including phenoxy) is 2. The first-order valence-electron chi connectivity index (χ1n) is 5.43. The van der Waals surface area contributed by atoms with Crippen molar-refractivity contribution in [2.75, 3.05) is 34.4 Å². The molecule has 8 nitrogen and oxygen atoms in total. The Morgan fingerprint density at radius 3 is 1.67 bits per heavy atom. The van der Waals surface area contributed by atoms with E-state index in [-0.39, 0.29) is 31.5 Å². The third kappa shape index (κ3) is 7.31. The second-order valence-corrected chi connectivity index (χ2v) is 3.44. The van der Waals surface area contributed by atoms with E-state index in [4.69, 9.17) is 9.47 Å². The Labute approximate surface area is 105 Å². The van der Waals surface area contributed by atoms with Gasteiger partial charge < -0.3 is 25.4 Å². The van der Waals surface area contributed by atoms with Crippen molar-refractivity contribution < 1.29 is 23.9 Å². The van der Waals surface area contributed by atoms with Gasteiger partial charge in [-0.1, -0.05) is 0 Å². The lowest BCUT2D eigenvalue weighted by Crippen LogP contribution is -2.31. The van der Waals surface area contributed by atoms with E-state index in [2.05, 4.69) is 16.0 Å². The van der Waals surface area contributed by atoms with Gasteiger partial charge in [-0.15, -0.1) is 0 Å². The fraction of sp³-hybridized carbons (Fsp3) is 0.700. The molecule has 0 spiro atoms. The van der Waals surface area contributed by atoms with E-state index in [1.54, 1.807) is 0 Å². The summed E-state index contributed by atoms with van der Waals surface area (Å²) in [7, 11) is 4.35. The maximum atomic E-state index is 11.2. The summed E-state index contributed by atoms with van der Waals surface area (Å²) in [4.78, 5) is 33.1. The fourth-order valence-electron chi connectivity index (χ4n) is 1.06. The van der Waals surface area contributed by atoms with Crippen LogP contribution in [-0.2, 0) is 14.3 Å². The quantitative estimate of drug-likeness (QED) is 0.595. The van der Waals surface area contributed by atoms with Crippen molar-refractivity contribution in [2.24, 2.45) is 5.92 Å². The SMILES string of the molecule is CNC(=O)CC(COC(=O)NC)COC(=O)NC. The highest BCUT2D eigenvalue weighted by molar-refractivity contribution is 5.76. The number of carbonyl (C=O) groups excluding carboxylic acids is 3. The number of carbonyl (C=O) groups is 3. The Balaban J connectivity index is 4.19. The molecule has 0 heterocycles. The number of rotatable bonds is 6. The zero-order valence-corrected chi connectivity index (χ0v) is 10.7. The molecule has 0 aliphatic heterocycles. The molecule has 8 heteroatoms. The maximum Gasteiger partial charge on any atom is 0.406 e. The highest BCUT2D eigenvalue weighted by Gasteiger charge is 2.17. The van der Waals surface area contributed by atoms with Gasteiger partial charge in [0.25, 0.3) is 0 Å². The molecule has 0 aliphatic carbocycles. The summed E-state index contributed by atoms with van der Waals surface area (Å²) in [5, 5.41) is 7.01. The van der Waals surface area contributed by atoms with E-state index in [1.165, 1.54) is 21.1 Å². The molecule has 0 aliphatic rings. The standard InChI is InChI=1S/C10H19N3O5/c1-11-8(14)4-7(5-17-9(15)12-2)6-18-10(16)13-3/h7H,4-6H2,1-3H3,(H,11,14)(H,12,15)(H,13,16). The first-order valence-corrected chi connectivity index (χ1v) is 5.43. The van der Waals surface area contributed by atoms with Gasteiger partial charge in [-0.3, -0.25) is 4.79 Å². The Kier molecular flexibility index (Phi) is 8.08. The molecule has 0 saturated heterocycles. The zero-order valence-electron chi connectivity index (χ0n) is 10.7. The summed E-state index contributed by atoms with van der Waals surface area (Å²) in [5.41, 5.74) is 0. The van der Waals surface area contributed by atoms with Gasteiger partial charge in [0.1, 0.15) is 0 Å². The summed E-state index contributed by atoms with van der Waals surface area (Å²) in [5.74, 6) is -0.611. The van der Waals surface area contributed by atoms with Crippen LogP contribution >= 0.6 is 0 Å². The molecule has 0 unspecified atom stereocenters. The summed E-state index contributed by atoms with van der Waals surface area (Å²) < 4.78 is 9.65. The lowest BCUT2D eigenvalue weighted by molar-refractivity contribution is -0.122. The molecule has 3 amide bonds. The third-order valence-electron chi connectivity index (χ3n) is 2.06. The first-order chi connectivity index (χ1) is 8.53. The van der Waals surface area contributed by atoms with Crippen LogP contribution in [0, 0.1) is 5.92 Å². The molecule has 18 heavy (non-hydrogen) atoms. The predicted molar refractivity (Wildman–Crippen MR) is 63.0 cm³/mol. The molecule has 104 valence electrons. The van der Waals surface area contributed by atoms with Crippen molar-refractivity contribution in [2.45, 2.75) is 6.42 Å². The minimum Gasteiger partial charge on any atom is -0.449 e. The first kappa shape index (κ1) is 16.0. The van der Waals surface area contributed by atoms with Crippen LogP contribution in [0.3, 0.4) is 0 Å². The Morgan fingerprint density at radius 1 is 0.889 bits per heavy atom. The molecule has 0 radical (unpaired) electrons. The summed E-state index contributed by atoms with van der Waals surface area (Å²) >= 11 is 0. The smallest absolute Gasteiger partial charge is 0.406 e. The average Bonchev–Trinajstić information content (AvgIpc) is 2.40. The van der Waals surface area contributed by atoms with Crippen molar-refractivity contribution in [3.05, 3.63) is 0 Å². The van der Waals surface area contributed by atoms with Crippen LogP contribution in [0.4, 0.5) is 9.59 Å². The predicted octanol–water partition coefficient (Wildman–Crippen LogP) is -0.549. The molecule has 0 bridgehead atoms. The number of amides is 3. The van der Waals surface area contributed by atoms with Crippen molar-refractivity contribution in [3.8, 4) is 0 Å². The van der Waals surface area contributed by atoms with E-state index in [1.807, 2.05) is 0 Å². The van der Waals surface area contributed by atoms with Crippen molar-refractivity contribution in [1.29, 1.82) is 0 Å². The fourth-order valence-corrected chi connectivity index (χ4v) is 1.06.